The molecule has 1 saturated heterocycles. The number of aliphatic hydroxyl groups excluding tert-OH is 3. The SMILES string of the molecule is CO[C@H]1OC(O)[C@H](N)[C@@H](O)[C@@H]1O. The van der Waals surface area contributed by atoms with Gasteiger partial charge < -0.3 is 30.5 Å². The fraction of sp³-hybridized carbons (Fsp3) is 1.00. The van der Waals surface area contributed by atoms with E-state index in [1.807, 2.05) is 0 Å². The standard InChI is InChI=1S/C6H13NO5/c1-11-6-4(9)3(8)2(7)5(10)12-6/h2-6,8-10H,7H2,1H3/t2-,3-,4+,5?,6+/m1/s1. The van der Waals surface area contributed by atoms with Gasteiger partial charge in [-0.15, -0.1) is 0 Å². The lowest BCUT2D eigenvalue weighted by molar-refractivity contribution is -0.307. The van der Waals surface area contributed by atoms with Crippen LogP contribution in [0.4, 0.5) is 0 Å². The normalized spacial score (nSPS) is 49.2. The molecule has 0 aromatic carbocycles. The van der Waals surface area contributed by atoms with E-state index < -0.39 is 30.8 Å². The molecule has 1 heterocycles. The summed E-state index contributed by atoms with van der Waals surface area (Å²) in [6, 6.07) is -1.01. The van der Waals surface area contributed by atoms with Gasteiger partial charge in [0.2, 0.25) is 0 Å². The van der Waals surface area contributed by atoms with Crippen LogP contribution in [-0.2, 0) is 9.47 Å². The Morgan fingerprint density at radius 3 is 2.33 bits per heavy atom. The van der Waals surface area contributed by atoms with Gasteiger partial charge in [0.1, 0.15) is 12.2 Å². The molecule has 6 heteroatoms. The van der Waals surface area contributed by atoms with Crippen molar-refractivity contribution in [1.29, 1.82) is 0 Å². The molecule has 0 aromatic rings. The molecule has 1 aliphatic rings. The van der Waals surface area contributed by atoms with Gasteiger partial charge in [0.05, 0.1) is 6.04 Å². The highest BCUT2D eigenvalue weighted by atomic mass is 16.7. The van der Waals surface area contributed by atoms with Crippen LogP contribution in [0.25, 0.3) is 0 Å². The Labute approximate surface area is 69.5 Å². The molecule has 0 aromatic heterocycles. The summed E-state index contributed by atoms with van der Waals surface area (Å²) < 4.78 is 9.37. The predicted molar refractivity (Wildman–Crippen MR) is 37.9 cm³/mol. The van der Waals surface area contributed by atoms with Gasteiger partial charge in [-0.05, 0) is 0 Å². The molecule has 6 nitrogen and oxygen atoms in total. The first kappa shape index (κ1) is 9.85. The van der Waals surface area contributed by atoms with E-state index in [1.54, 1.807) is 0 Å². The average molecular weight is 179 g/mol. The van der Waals surface area contributed by atoms with Crippen molar-refractivity contribution in [3.05, 3.63) is 0 Å². The second kappa shape index (κ2) is 3.65. The number of nitrogens with two attached hydrogens (primary N) is 1. The number of hydrogen-bond donors (Lipinski definition) is 4. The first-order valence-corrected chi connectivity index (χ1v) is 3.56. The maximum Gasteiger partial charge on any atom is 0.188 e. The van der Waals surface area contributed by atoms with E-state index in [2.05, 4.69) is 4.74 Å². The number of ether oxygens (including phenoxy) is 2. The molecular weight excluding hydrogens is 166 g/mol. The van der Waals surface area contributed by atoms with Gasteiger partial charge in [-0.3, -0.25) is 0 Å². The molecule has 5 N–H and O–H groups in total. The highest BCUT2D eigenvalue weighted by molar-refractivity contribution is 4.87. The van der Waals surface area contributed by atoms with Crippen LogP contribution in [-0.4, -0.2) is 53.3 Å². The zero-order valence-electron chi connectivity index (χ0n) is 6.62. The third-order valence-corrected chi connectivity index (χ3v) is 1.86. The molecule has 0 spiro atoms. The van der Waals surface area contributed by atoms with Gasteiger partial charge in [0.15, 0.2) is 12.6 Å². The van der Waals surface area contributed by atoms with Crippen molar-refractivity contribution < 1.29 is 24.8 Å². The number of methoxy groups -OCH3 is 1. The molecule has 5 atom stereocenters. The van der Waals surface area contributed by atoms with E-state index in [-0.39, 0.29) is 0 Å². The maximum atomic E-state index is 9.23. The summed E-state index contributed by atoms with van der Waals surface area (Å²) in [5.41, 5.74) is 5.29. The van der Waals surface area contributed by atoms with E-state index in [9.17, 15) is 10.2 Å². The van der Waals surface area contributed by atoms with Crippen molar-refractivity contribution >= 4 is 0 Å². The first-order chi connectivity index (χ1) is 5.57. The van der Waals surface area contributed by atoms with Crippen LogP contribution in [0.15, 0.2) is 0 Å². The topological polar surface area (TPSA) is 105 Å². The summed E-state index contributed by atoms with van der Waals surface area (Å²) in [7, 11) is 1.30. The molecule has 0 radical (unpaired) electrons. The highest BCUT2D eigenvalue weighted by Gasteiger charge is 2.42. The van der Waals surface area contributed by atoms with Crippen molar-refractivity contribution in [3.8, 4) is 0 Å². The van der Waals surface area contributed by atoms with Gasteiger partial charge in [0.25, 0.3) is 0 Å². The monoisotopic (exact) mass is 179 g/mol. The van der Waals surface area contributed by atoms with E-state index in [1.165, 1.54) is 7.11 Å². The van der Waals surface area contributed by atoms with Crippen LogP contribution < -0.4 is 5.73 Å². The second-order valence-electron chi connectivity index (χ2n) is 2.69. The van der Waals surface area contributed by atoms with Crippen LogP contribution in [0, 0.1) is 0 Å². The number of rotatable bonds is 1. The quantitative estimate of drug-likeness (QED) is 0.350. The first-order valence-electron chi connectivity index (χ1n) is 3.56. The van der Waals surface area contributed by atoms with E-state index in [4.69, 9.17) is 15.6 Å². The lowest BCUT2D eigenvalue weighted by Crippen LogP contribution is -2.61. The minimum Gasteiger partial charge on any atom is -0.388 e. The predicted octanol–water partition coefficient (Wildman–Crippen LogP) is -2.64. The molecule has 1 aliphatic heterocycles. The summed E-state index contributed by atoms with van der Waals surface area (Å²) in [5, 5.41) is 27.5. The molecule has 0 bridgehead atoms. The largest absolute Gasteiger partial charge is 0.388 e. The molecule has 0 saturated carbocycles. The van der Waals surface area contributed by atoms with Crippen molar-refractivity contribution in [2.24, 2.45) is 5.73 Å². The van der Waals surface area contributed by atoms with Gasteiger partial charge >= 0.3 is 0 Å². The Bertz CT molecular complexity index is 150. The fourth-order valence-corrected chi connectivity index (χ4v) is 1.06. The molecule has 72 valence electrons. The Hall–Kier alpha value is -0.240. The van der Waals surface area contributed by atoms with Crippen molar-refractivity contribution in [3.63, 3.8) is 0 Å². The lowest BCUT2D eigenvalue weighted by atomic mass is 10.0. The summed E-state index contributed by atoms with van der Waals surface area (Å²) in [5.74, 6) is 0. The van der Waals surface area contributed by atoms with E-state index in [0.717, 1.165) is 0 Å². The van der Waals surface area contributed by atoms with Gasteiger partial charge in [-0.2, -0.15) is 0 Å². The molecule has 1 fully saturated rings. The van der Waals surface area contributed by atoms with Crippen LogP contribution in [0.5, 0.6) is 0 Å². The fourth-order valence-electron chi connectivity index (χ4n) is 1.06. The molecule has 1 unspecified atom stereocenters. The third-order valence-electron chi connectivity index (χ3n) is 1.86. The van der Waals surface area contributed by atoms with Gasteiger partial charge in [-0.1, -0.05) is 0 Å². The molecule has 0 aliphatic carbocycles. The minimum atomic E-state index is -1.31. The molecule has 12 heavy (non-hydrogen) atoms. The Morgan fingerprint density at radius 1 is 1.25 bits per heavy atom. The molecule has 1 rings (SSSR count). The summed E-state index contributed by atoms with van der Waals surface area (Å²) in [6.07, 6.45) is -4.81. The van der Waals surface area contributed by atoms with E-state index >= 15 is 0 Å². The van der Waals surface area contributed by atoms with Gasteiger partial charge in [-0.25, -0.2) is 0 Å². The summed E-state index contributed by atoms with van der Waals surface area (Å²) >= 11 is 0. The van der Waals surface area contributed by atoms with Crippen LogP contribution in [0.3, 0.4) is 0 Å². The van der Waals surface area contributed by atoms with Crippen LogP contribution >= 0.6 is 0 Å². The van der Waals surface area contributed by atoms with Crippen molar-refractivity contribution in [2.75, 3.05) is 7.11 Å². The Morgan fingerprint density at radius 2 is 1.83 bits per heavy atom. The zero-order valence-corrected chi connectivity index (χ0v) is 6.62. The minimum absolute atomic E-state index is 1.01. The summed E-state index contributed by atoms with van der Waals surface area (Å²) in [4.78, 5) is 0. The van der Waals surface area contributed by atoms with Crippen molar-refractivity contribution in [2.45, 2.75) is 30.8 Å². The number of hydrogen-bond acceptors (Lipinski definition) is 6. The smallest absolute Gasteiger partial charge is 0.188 e. The average Bonchev–Trinajstić information content (AvgIpc) is 2.08. The van der Waals surface area contributed by atoms with E-state index in [0.29, 0.717) is 0 Å². The molecule has 0 amide bonds. The Kier molecular flexibility index (Phi) is 2.99. The molecular formula is C6H13NO5. The van der Waals surface area contributed by atoms with Crippen molar-refractivity contribution in [1.82, 2.24) is 0 Å². The lowest BCUT2D eigenvalue weighted by Gasteiger charge is -2.37. The third kappa shape index (κ3) is 1.58. The number of aliphatic hydroxyl groups is 3. The highest BCUT2D eigenvalue weighted by Crippen LogP contribution is 2.18. The Balaban J connectivity index is 2.63. The summed E-state index contributed by atoms with van der Waals surface area (Å²) in [6.45, 7) is 0. The zero-order chi connectivity index (χ0) is 9.30. The van der Waals surface area contributed by atoms with Crippen LogP contribution in [0.2, 0.25) is 0 Å². The van der Waals surface area contributed by atoms with Crippen LogP contribution in [0.1, 0.15) is 0 Å². The maximum absolute atomic E-state index is 9.23. The van der Waals surface area contributed by atoms with Gasteiger partial charge in [0, 0.05) is 7.11 Å². The second-order valence-corrected chi connectivity index (χ2v) is 2.69.